The van der Waals surface area contributed by atoms with Crippen LogP contribution in [0.2, 0.25) is 0 Å². The number of rotatable bonds is 5. The van der Waals surface area contributed by atoms with Crippen LogP contribution in [0.25, 0.3) is 0 Å². The van der Waals surface area contributed by atoms with Gasteiger partial charge >= 0.3 is 12.1 Å². The molecule has 3 heterocycles. The van der Waals surface area contributed by atoms with Crippen LogP contribution in [0, 0.1) is 0 Å². The number of pyridine rings is 1. The highest BCUT2D eigenvalue weighted by molar-refractivity contribution is 8.00. The van der Waals surface area contributed by atoms with E-state index in [0.717, 1.165) is 4.90 Å². The number of hydrogen-bond acceptors (Lipinski definition) is 7. The lowest BCUT2D eigenvalue weighted by Crippen LogP contribution is -2.59. The summed E-state index contributed by atoms with van der Waals surface area (Å²) in [6.07, 6.45) is 5.19. The molecule has 0 radical (unpaired) electrons. The zero-order chi connectivity index (χ0) is 21.2. The third-order valence-electron chi connectivity index (χ3n) is 4.14. The van der Waals surface area contributed by atoms with Gasteiger partial charge in [-0.1, -0.05) is 21.4 Å². The second kappa shape index (κ2) is 8.66. The Hall–Kier alpha value is -2.20. The molecule has 0 aliphatic carbocycles. The first kappa shape index (κ1) is 21.5. The average molecular weight is 439 g/mol. The first-order valence-electron chi connectivity index (χ1n) is 9.08. The van der Waals surface area contributed by atoms with Crippen LogP contribution in [0.4, 0.5) is 4.79 Å². The predicted molar refractivity (Wildman–Crippen MR) is 110 cm³/mol. The molecule has 1 atom stereocenters. The van der Waals surface area contributed by atoms with E-state index < -0.39 is 17.7 Å². The number of hydrogen-bond donors (Lipinski definition) is 0. The summed E-state index contributed by atoms with van der Waals surface area (Å²) in [7, 11) is 1.61. The van der Waals surface area contributed by atoms with Gasteiger partial charge in [0.25, 0.3) is 0 Å². The third kappa shape index (κ3) is 5.24. The summed E-state index contributed by atoms with van der Waals surface area (Å²) in [6.45, 7) is 5.43. The Balaban J connectivity index is 1.49. The smallest absolute Gasteiger partial charge is 0.450 e. The zero-order valence-corrected chi connectivity index (χ0v) is 18.4. The number of fused-ring (bicyclic) bond motifs is 1. The SMILES string of the molecule is CN(C(=O)OC(C)(C)C)[n+]1ccc(SCOC(=O)C2=CCS[C@H]3CC(=O)N23)cc1. The van der Waals surface area contributed by atoms with E-state index in [-0.39, 0.29) is 17.2 Å². The number of aromatic nitrogens is 1. The van der Waals surface area contributed by atoms with Gasteiger partial charge in [0.1, 0.15) is 17.2 Å². The molecule has 8 nitrogen and oxygen atoms in total. The Morgan fingerprint density at radius 1 is 1.34 bits per heavy atom. The summed E-state index contributed by atoms with van der Waals surface area (Å²) in [5.41, 5.74) is -0.228. The van der Waals surface area contributed by atoms with E-state index in [9.17, 15) is 14.4 Å². The molecule has 0 aromatic carbocycles. The van der Waals surface area contributed by atoms with Crippen LogP contribution in [0.15, 0.2) is 41.2 Å². The van der Waals surface area contributed by atoms with Gasteiger partial charge < -0.3 is 9.47 Å². The Kier molecular flexibility index (Phi) is 6.42. The first-order valence-corrected chi connectivity index (χ1v) is 11.1. The van der Waals surface area contributed by atoms with Gasteiger partial charge in [-0.3, -0.25) is 9.69 Å². The van der Waals surface area contributed by atoms with Crippen LogP contribution in [0.3, 0.4) is 0 Å². The number of ether oxygens (including phenoxy) is 2. The molecule has 0 N–H and O–H groups in total. The quantitative estimate of drug-likeness (QED) is 0.229. The number of β-lactam (4-membered cyclic amide) rings is 1. The van der Waals surface area contributed by atoms with Crippen molar-refractivity contribution in [2.45, 2.75) is 43.1 Å². The van der Waals surface area contributed by atoms with Crippen LogP contribution in [0.5, 0.6) is 0 Å². The van der Waals surface area contributed by atoms with Crippen LogP contribution in [0.1, 0.15) is 27.2 Å². The summed E-state index contributed by atoms with van der Waals surface area (Å²) in [4.78, 5) is 38.5. The number of thioether (sulfide) groups is 2. The zero-order valence-electron chi connectivity index (χ0n) is 16.8. The molecule has 1 saturated heterocycles. The Morgan fingerprint density at radius 3 is 2.66 bits per heavy atom. The van der Waals surface area contributed by atoms with Crippen molar-refractivity contribution in [3.05, 3.63) is 36.3 Å². The summed E-state index contributed by atoms with van der Waals surface area (Å²) >= 11 is 2.99. The first-order chi connectivity index (χ1) is 13.7. The van der Waals surface area contributed by atoms with E-state index in [1.165, 1.54) is 21.7 Å². The van der Waals surface area contributed by atoms with E-state index in [4.69, 9.17) is 9.47 Å². The van der Waals surface area contributed by atoms with Gasteiger partial charge in [-0.05, 0) is 26.8 Å². The van der Waals surface area contributed by atoms with E-state index in [2.05, 4.69) is 0 Å². The highest BCUT2D eigenvalue weighted by atomic mass is 32.2. The Labute approximate surface area is 178 Å². The van der Waals surface area contributed by atoms with Gasteiger partial charge in [0.15, 0.2) is 0 Å². The summed E-state index contributed by atoms with van der Waals surface area (Å²) < 4.78 is 12.3. The average Bonchev–Trinajstić information content (AvgIpc) is 2.65. The van der Waals surface area contributed by atoms with E-state index in [0.29, 0.717) is 17.9 Å². The molecule has 2 aliphatic rings. The lowest BCUT2D eigenvalue weighted by molar-refractivity contribution is -0.681. The molecule has 156 valence electrons. The fourth-order valence-electron chi connectivity index (χ4n) is 2.68. The van der Waals surface area contributed by atoms with Crippen LogP contribution in [-0.2, 0) is 19.1 Å². The molecule has 2 amide bonds. The van der Waals surface area contributed by atoms with Crippen molar-refractivity contribution in [3.63, 3.8) is 0 Å². The number of carbonyl (C=O) groups is 3. The van der Waals surface area contributed by atoms with Crippen molar-refractivity contribution in [1.82, 2.24) is 4.90 Å². The molecule has 0 unspecified atom stereocenters. The van der Waals surface area contributed by atoms with Gasteiger partial charge in [-0.2, -0.15) is 0 Å². The molecule has 0 saturated carbocycles. The predicted octanol–water partition coefficient (Wildman–Crippen LogP) is 2.26. The van der Waals surface area contributed by atoms with Crippen molar-refractivity contribution in [2.75, 3.05) is 23.7 Å². The summed E-state index contributed by atoms with van der Waals surface area (Å²) in [6, 6.07) is 3.62. The van der Waals surface area contributed by atoms with Gasteiger partial charge in [-0.25, -0.2) is 9.59 Å². The second-order valence-corrected chi connectivity index (χ2v) is 9.66. The van der Waals surface area contributed by atoms with Crippen molar-refractivity contribution >= 4 is 41.5 Å². The molecule has 0 spiro atoms. The van der Waals surface area contributed by atoms with E-state index in [1.54, 1.807) is 42.0 Å². The minimum atomic E-state index is -0.571. The summed E-state index contributed by atoms with van der Waals surface area (Å²) in [5.74, 6) is 0.309. The second-order valence-electron chi connectivity index (χ2n) is 7.46. The number of esters is 1. The lowest BCUT2D eigenvalue weighted by Gasteiger charge is -2.42. The number of nitrogens with zero attached hydrogens (tertiary/aromatic N) is 3. The van der Waals surface area contributed by atoms with Gasteiger partial charge in [0, 0.05) is 22.8 Å². The molecule has 10 heteroatoms. The monoisotopic (exact) mass is 438 g/mol. The standard InChI is InChI=1S/C19H24N3O5S2/c1-19(2,3)27-18(25)20(4)21-8-5-13(6-9-21)29-12-26-17(24)14-7-10-28-16-11-15(23)22(14)16/h5-9,16H,10-12H2,1-4H3/q+1/t16-/m0/s1. The molecule has 29 heavy (non-hydrogen) atoms. The topological polar surface area (TPSA) is 80.0 Å². The maximum atomic E-state index is 12.3. The third-order valence-corrected chi connectivity index (χ3v) is 6.11. The maximum Gasteiger partial charge on any atom is 0.463 e. The molecular formula is C19H24N3O5S2+. The highest BCUT2D eigenvalue weighted by Gasteiger charge is 2.43. The molecule has 2 aliphatic heterocycles. The summed E-state index contributed by atoms with van der Waals surface area (Å²) in [5, 5.41) is 1.42. The van der Waals surface area contributed by atoms with Crippen molar-refractivity contribution in [2.24, 2.45) is 0 Å². The minimum Gasteiger partial charge on any atom is -0.450 e. The fraction of sp³-hybridized carbons (Fsp3) is 0.474. The Morgan fingerprint density at radius 2 is 2.03 bits per heavy atom. The highest BCUT2D eigenvalue weighted by Crippen LogP contribution is 2.37. The molecule has 1 fully saturated rings. The van der Waals surface area contributed by atoms with Crippen LogP contribution < -0.4 is 9.69 Å². The lowest BCUT2D eigenvalue weighted by atomic mass is 10.1. The molecular weight excluding hydrogens is 414 g/mol. The van der Waals surface area contributed by atoms with Crippen molar-refractivity contribution in [3.8, 4) is 0 Å². The maximum absolute atomic E-state index is 12.3. The Bertz CT molecular complexity index is 835. The molecule has 0 bridgehead atoms. The van der Waals surface area contributed by atoms with Gasteiger partial charge in [0.2, 0.25) is 18.3 Å². The van der Waals surface area contributed by atoms with E-state index in [1.807, 2.05) is 32.9 Å². The van der Waals surface area contributed by atoms with Gasteiger partial charge in [0.05, 0.1) is 18.8 Å². The van der Waals surface area contributed by atoms with Crippen molar-refractivity contribution in [1.29, 1.82) is 0 Å². The number of amides is 2. The van der Waals surface area contributed by atoms with Gasteiger partial charge in [-0.15, -0.1) is 11.8 Å². The minimum absolute atomic E-state index is 0.0419. The number of carbonyl (C=O) groups excluding carboxylic acids is 3. The van der Waals surface area contributed by atoms with Crippen LogP contribution >= 0.6 is 23.5 Å². The van der Waals surface area contributed by atoms with Crippen LogP contribution in [-0.4, -0.2) is 52.6 Å². The normalized spacial score (nSPS) is 18.3. The molecule has 1 aromatic heterocycles. The van der Waals surface area contributed by atoms with Crippen molar-refractivity contribution < 1.29 is 28.5 Å². The molecule has 3 rings (SSSR count). The van der Waals surface area contributed by atoms with E-state index >= 15 is 0 Å². The molecule has 1 aromatic rings. The fourth-order valence-corrected chi connectivity index (χ4v) is 4.41. The largest absolute Gasteiger partial charge is 0.463 e.